The second-order valence-electron chi connectivity index (χ2n) is 1.91. The fourth-order valence-electron chi connectivity index (χ4n) is 0.778. The van der Waals surface area contributed by atoms with Gasteiger partial charge in [-0.05, 0) is 0 Å². The van der Waals surface area contributed by atoms with E-state index in [0.717, 1.165) is 18.6 Å². The van der Waals surface area contributed by atoms with Crippen molar-refractivity contribution in [1.82, 2.24) is 5.32 Å². The molecule has 1 fully saturated rings. The van der Waals surface area contributed by atoms with Gasteiger partial charge in [0.15, 0.2) is 0 Å². The van der Waals surface area contributed by atoms with Gasteiger partial charge in [-0.15, -0.1) is 0 Å². The molecule has 2 heteroatoms. The Balaban J connectivity index is 2.25. The molecule has 0 aromatic carbocycles. The predicted octanol–water partition coefficient (Wildman–Crippen LogP) is 0.0583. The van der Waals surface area contributed by atoms with Gasteiger partial charge < -0.3 is 0 Å². The summed E-state index contributed by atoms with van der Waals surface area (Å²) >= 11 is 0. The average molecular weight is 93.9 g/mol. The summed E-state index contributed by atoms with van der Waals surface area (Å²) < 4.78 is 0. The van der Waals surface area contributed by atoms with Crippen LogP contribution in [0.4, 0.5) is 0 Å². The first-order valence-corrected chi connectivity index (χ1v) is 2.75. The molecule has 0 saturated carbocycles. The van der Waals surface area contributed by atoms with E-state index in [4.69, 9.17) is 7.49 Å². The van der Waals surface area contributed by atoms with Crippen molar-refractivity contribution in [2.24, 2.45) is 0 Å². The Bertz CT molecular complexity index is 72.1. The fraction of sp³-hybridized carbons (Fsp3) is 0.800. The zero-order chi connectivity index (χ0) is 5.11. The summed E-state index contributed by atoms with van der Waals surface area (Å²) in [5.41, 5.74) is 0.964. The molecule has 1 N–H and O–H groups in total. The van der Waals surface area contributed by atoms with E-state index >= 15 is 0 Å². The molecule has 0 amide bonds. The summed E-state index contributed by atoms with van der Waals surface area (Å²) in [6, 6.07) is 0. The number of rotatable bonds is 0. The van der Waals surface area contributed by atoms with Crippen LogP contribution in [0.2, 0.25) is 0 Å². The normalized spacial score (nSPS) is 21.3. The minimum atomic E-state index is 0.964. The summed E-state index contributed by atoms with van der Waals surface area (Å²) in [6.45, 7) is 1.08. The van der Waals surface area contributed by atoms with Gasteiger partial charge in [0.25, 0.3) is 0 Å². The van der Waals surface area contributed by atoms with Crippen molar-refractivity contribution in [2.45, 2.75) is 19.3 Å². The third-order valence-corrected chi connectivity index (χ3v) is 1.22. The maximum atomic E-state index is 5.44. The van der Waals surface area contributed by atoms with Crippen molar-refractivity contribution in [3.8, 4) is 0 Å². The topological polar surface area (TPSA) is 12.0 Å². The van der Waals surface area contributed by atoms with Gasteiger partial charge in [0.1, 0.15) is 0 Å². The Morgan fingerprint density at radius 1 is 1.43 bits per heavy atom. The Labute approximate surface area is 45.2 Å². The first kappa shape index (κ1) is 4.88. The molecule has 0 aromatic heterocycles. The van der Waals surface area contributed by atoms with Crippen LogP contribution in [-0.2, 0) is 0 Å². The van der Waals surface area contributed by atoms with Crippen LogP contribution in [0.25, 0.3) is 0 Å². The van der Waals surface area contributed by atoms with E-state index in [1.165, 1.54) is 12.8 Å². The molecule has 0 aliphatic carbocycles. The van der Waals surface area contributed by atoms with Crippen molar-refractivity contribution < 1.29 is 0 Å². The van der Waals surface area contributed by atoms with Gasteiger partial charge in [-0.3, -0.25) is 0 Å². The minimum absolute atomic E-state index is 0.964. The van der Waals surface area contributed by atoms with Crippen LogP contribution < -0.4 is 5.32 Å². The Kier molecular flexibility index (Phi) is 1.50. The van der Waals surface area contributed by atoms with Crippen molar-refractivity contribution in [2.75, 3.05) is 6.54 Å². The Morgan fingerprint density at radius 3 is 2.57 bits per heavy atom. The molecule has 0 unspecified atom stereocenters. The summed E-state index contributed by atoms with van der Waals surface area (Å²) in [7, 11) is 5.44. The second-order valence-corrected chi connectivity index (χ2v) is 1.91. The standard InChI is InChI=1S/C5H9BN/c6-5-3-1-2-4-7-5/h7H,1-4H2. The van der Waals surface area contributed by atoms with Crippen LogP contribution in [-0.4, -0.2) is 19.6 Å². The first-order chi connectivity index (χ1) is 3.39. The zero-order valence-corrected chi connectivity index (χ0v) is 4.41. The summed E-state index contributed by atoms with van der Waals surface area (Å²) in [4.78, 5) is 0. The molecule has 37 valence electrons. The number of hydrogen-bond donors (Lipinski definition) is 1. The van der Waals surface area contributed by atoms with Gasteiger partial charge in [0.05, 0.1) is 0 Å². The molecule has 0 aromatic rings. The van der Waals surface area contributed by atoms with Gasteiger partial charge in [0.2, 0.25) is 0 Å². The summed E-state index contributed by atoms with van der Waals surface area (Å²) in [6.07, 6.45) is 3.61. The van der Waals surface area contributed by atoms with E-state index in [1.807, 2.05) is 0 Å². The van der Waals surface area contributed by atoms with Crippen LogP contribution in [0.5, 0.6) is 0 Å². The van der Waals surface area contributed by atoms with Gasteiger partial charge in [-0.1, -0.05) is 0 Å². The Hall–Kier alpha value is -0.265. The van der Waals surface area contributed by atoms with Gasteiger partial charge in [-0.25, -0.2) is 0 Å². The van der Waals surface area contributed by atoms with Crippen molar-refractivity contribution in [3.63, 3.8) is 0 Å². The molecule has 1 aliphatic rings. The van der Waals surface area contributed by atoms with Crippen molar-refractivity contribution >= 4 is 13.1 Å². The molecular formula is C5H9BN. The van der Waals surface area contributed by atoms with Crippen molar-refractivity contribution in [1.29, 1.82) is 0 Å². The molecule has 1 saturated heterocycles. The fourth-order valence-corrected chi connectivity index (χ4v) is 0.778. The monoisotopic (exact) mass is 94.1 g/mol. The van der Waals surface area contributed by atoms with Crippen LogP contribution >= 0.6 is 0 Å². The molecule has 0 atom stereocenters. The zero-order valence-electron chi connectivity index (χ0n) is 4.41. The quantitative estimate of drug-likeness (QED) is 0.418. The third kappa shape index (κ3) is 1.34. The average Bonchev–Trinajstić information content (AvgIpc) is 1.69. The molecule has 1 heterocycles. The molecular weight excluding hydrogens is 84.9 g/mol. The van der Waals surface area contributed by atoms with Crippen LogP contribution in [0.1, 0.15) is 19.3 Å². The number of hydrogen-bond acceptors (Lipinski definition) is 1. The van der Waals surface area contributed by atoms with E-state index in [-0.39, 0.29) is 0 Å². The van der Waals surface area contributed by atoms with Gasteiger partial charge >= 0.3 is 44.2 Å². The first-order valence-electron chi connectivity index (χ1n) is 2.75. The van der Waals surface area contributed by atoms with Crippen LogP contribution in [0, 0.1) is 0 Å². The molecule has 0 spiro atoms. The van der Waals surface area contributed by atoms with Gasteiger partial charge in [-0.2, -0.15) is 0 Å². The molecule has 1 aliphatic heterocycles. The van der Waals surface area contributed by atoms with E-state index in [2.05, 4.69) is 5.32 Å². The van der Waals surface area contributed by atoms with Gasteiger partial charge in [0, 0.05) is 0 Å². The van der Waals surface area contributed by atoms with E-state index in [1.54, 1.807) is 0 Å². The number of piperidine rings is 1. The van der Waals surface area contributed by atoms with Crippen molar-refractivity contribution in [3.05, 3.63) is 0 Å². The molecule has 7 heavy (non-hydrogen) atoms. The molecule has 0 bridgehead atoms. The third-order valence-electron chi connectivity index (χ3n) is 1.22. The van der Waals surface area contributed by atoms with E-state index < -0.39 is 0 Å². The predicted molar refractivity (Wildman–Crippen MR) is 32.6 cm³/mol. The van der Waals surface area contributed by atoms with E-state index in [9.17, 15) is 0 Å². The molecule has 1 rings (SSSR count). The summed E-state index contributed by atoms with van der Waals surface area (Å²) in [5, 5.41) is 3.08. The Morgan fingerprint density at radius 2 is 2.29 bits per heavy atom. The molecule has 1 nitrogen and oxygen atoms in total. The second kappa shape index (κ2) is 2.15. The summed E-state index contributed by atoms with van der Waals surface area (Å²) in [5.74, 6) is 0. The molecule has 1 radical (unpaired) electrons. The van der Waals surface area contributed by atoms with Crippen LogP contribution in [0.15, 0.2) is 0 Å². The van der Waals surface area contributed by atoms with Crippen LogP contribution in [0.3, 0.4) is 0 Å². The van der Waals surface area contributed by atoms with E-state index in [0.29, 0.717) is 0 Å². The number of nitrogens with one attached hydrogen (secondary N) is 1. The maximum absolute atomic E-state index is 5.44. The SMILES string of the molecule is [B]=C1CCCCN1.